The zero-order valence-corrected chi connectivity index (χ0v) is 17.8. The maximum absolute atomic E-state index is 11.6. The molecule has 146 valence electrons. The van der Waals surface area contributed by atoms with E-state index in [2.05, 4.69) is 55.0 Å². The molecule has 0 amide bonds. The first-order valence-corrected chi connectivity index (χ1v) is 11.6. The molecule has 3 nitrogen and oxygen atoms in total. The van der Waals surface area contributed by atoms with Crippen LogP contribution in [-0.2, 0) is 9.53 Å². The van der Waals surface area contributed by atoms with Gasteiger partial charge in [0.15, 0.2) is 0 Å². The molecule has 0 bridgehead atoms. The Balaban J connectivity index is 3.29. The molecular weight excluding hydrogens is 350 g/mol. The average Bonchev–Trinajstić information content (AvgIpc) is 2.58. The topological polar surface area (TPSA) is 29.5 Å². The Morgan fingerprint density at radius 3 is 2.12 bits per heavy atom. The van der Waals surface area contributed by atoms with E-state index in [0.717, 1.165) is 50.8 Å². The molecule has 0 saturated carbocycles. The van der Waals surface area contributed by atoms with E-state index < -0.39 is 0 Å². The van der Waals surface area contributed by atoms with Gasteiger partial charge in [0, 0.05) is 12.2 Å². The van der Waals surface area contributed by atoms with E-state index in [4.69, 9.17) is 4.74 Å². The normalized spacial score (nSPS) is 11.8. The van der Waals surface area contributed by atoms with E-state index >= 15 is 0 Å². The lowest BCUT2D eigenvalue weighted by Crippen LogP contribution is -2.14. The van der Waals surface area contributed by atoms with Gasteiger partial charge in [0.2, 0.25) is 0 Å². The summed E-state index contributed by atoms with van der Waals surface area (Å²) in [6.45, 7) is 1.62. The van der Waals surface area contributed by atoms with E-state index in [9.17, 15) is 4.79 Å². The number of unbranched alkanes of at least 4 members (excludes halogenated alkanes) is 6. The molecule has 5 heteroatoms. The van der Waals surface area contributed by atoms with Crippen molar-refractivity contribution in [2.45, 2.75) is 64.2 Å². The highest BCUT2D eigenvalue weighted by Crippen LogP contribution is 2.07. The van der Waals surface area contributed by atoms with Crippen molar-refractivity contribution in [3.05, 3.63) is 24.3 Å². The number of nitrogens with zero attached hydrogens (tertiary/aromatic N) is 1. The van der Waals surface area contributed by atoms with Gasteiger partial charge in [-0.1, -0.05) is 35.1 Å². The molecular formula is C20H37NO2S2. The maximum atomic E-state index is 11.6. The molecule has 0 unspecified atom stereocenters. The minimum Gasteiger partial charge on any atom is -0.466 e. The van der Waals surface area contributed by atoms with E-state index in [0.29, 0.717) is 13.0 Å². The Kier molecular flexibility index (Phi) is 19.6. The number of esters is 1. The van der Waals surface area contributed by atoms with Crippen LogP contribution in [0.4, 0.5) is 0 Å². The molecule has 0 saturated heterocycles. The molecule has 0 atom stereocenters. The van der Waals surface area contributed by atoms with Crippen LogP contribution in [0.1, 0.15) is 64.2 Å². The maximum Gasteiger partial charge on any atom is 0.305 e. The molecule has 0 spiro atoms. The number of thiol groups is 1. The highest BCUT2D eigenvalue weighted by Gasteiger charge is 2.01. The first kappa shape index (κ1) is 24.6. The summed E-state index contributed by atoms with van der Waals surface area (Å²) in [6, 6.07) is 0. The zero-order valence-electron chi connectivity index (χ0n) is 16.1. The van der Waals surface area contributed by atoms with Crippen LogP contribution >= 0.6 is 22.5 Å². The molecule has 0 fully saturated rings. The van der Waals surface area contributed by atoms with Crippen LogP contribution in [0.15, 0.2) is 24.3 Å². The molecule has 0 aromatic carbocycles. The first-order chi connectivity index (χ1) is 12.2. The molecule has 0 aromatic heterocycles. The average molecular weight is 388 g/mol. The minimum atomic E-state index is -0.0433. The van der Waals surface area contributed by atoms with Gasteiger partial charge in [0.05, 0.1) is 6.61 Å². The van der Waals surface area contributed by atoms with E-state index in [1.54, 1.807) is 10.8 Å². The summed E-state index contributed by atoms with van der Waals surface area (Å²) >= 11 is 4.10. The summed E-state index contributed by atoms with van der Waals surface area (Å²) in [4.78, 5) is 13.7. The largest absolute Gasteiger partial charge is 0.466 e. The second-order valence-electron chi connectivity index (χ2n) is 6.50. The first-order valence-electron chi connectivity index (χ1n) is 9.53. The van der Waals surface area contributed by atoms with Crippen molar-refractivity contribution in [2.24, 2.45) is 0 Å². The van der Waals surface area contributed by atoms with Gasteiger partial charge in [-0.2, -0.15) is 0 Å². The van der Waals surface area contributed by atoms with Crippen LogP contribution in [0.3, 0.4) is 0 Å². The quantitative estimate of drug-likeness (QED) is 0.114. The van der Waals surface area contributed by atoms with Crippen molar-refractivity contribution < 1.29 is 9.53 Å². The summed E-state index contributed by atoms with van der Waals surface area (Å²) in [5.41, 5.74) is 0. The number of carbonyl (C=O) groups excluding carboxylic acids is 1. The highest BCUT2D eigenvalue weighted by atomic mass is 33.1. The predicted molar refractivity (Wildman–Crippen MR) is 115 cm³/mol. The van der Waals surface area contributed by atoms with E-state index in [-0.39, 0.29) is 5.97 Å². The molecule has 0 aromatic rings. The molecule has 0 aliphatic rings. The van der Waals surface area contributed by atoms with Gasteiger partial charge in [0.25, 0.3) is 0 Å². The van der Waals surface area contributed by atoms with Crippen LogP contribution in [0.5, 0.6) is 0 Å². The summed E-state index contributed by atoms with van der Waals surface area (Å²) in [7, 11) is 5.67. The van der Waals surface area contributed by atoms with Crippen LogP contribution in [0.2, 0.25) is 0 Å². The predicted octanol–water partition coefficient (Wildman–Crippen LogP) is 5.68. The highest BCUT2D eigenvalue weighted by molar-refractivity contribution is 8.68. The Hall–Kier alpha value is -0.390. The van der Waals surface area contributed by atoms with Crippen molar-refractivity contribution >= 4 is 28.4 Å². The van der Waals surface area contributed by atoms with Crippen LogP contribution < -0.4 is 0 Å². The molecule has 25 heavy (non-hydrogen) atoms. The number of ether oxygens (including phenoxy) is 1. The van der Waals surface area contributed by atoms with Crippen LogP contribution in [0, 0.1) is 0 Å². The van der Waals surface area contributed by atoms with E-state index in [1.165, 1.54) is 19.3 Å². The van der Waals surface area contributed by atoms with Gasteiger partial charge in [0.1, 0.15) is 0 Å². The lowest BCUT2D eigenvalue weighted by atomic mass is 10.1. The third-order valence-corrected chi connectivity index (χ3v) is 4.55. The Morgan fingerprint density at radius 2 is 1.52 bits per heavy atom. The third kappa shape index (κ3) is 21.6. The summed E-state index contributed by atoms with van der Waals surface area (Å²) < 4.78 is 5.24. The summed E-state index contributed by atoms with van der Waals surface area (Å²) in [5, 5.41) is 0. The van der Waals surface area contributed by atoms with Crippen molar-refractivity contribution in [3.63, 3.8) is 0 Å². The number of carbonyl (C=O) groups is 1. The van der Waals surface area contributed by atoms with Crippen LogP contribution in [0.25, 0.3) is 0 Å². The Labute approximate surface area is 164 Å². The van der Waals surface area contributed by atoms with Crippen molar-refractivity contribution in [1.82, 2.24) is 4.90 Å². The van der Waals surface area contributed by atoms with Crippen molar-refractivity contribution in [1.29, 1.82) is 0 Å². The fraction of sp³-hybridized carbons (Fsp3) is 0.750. The molecule has 0 heterocycles. The monoisotopic (exact) mass is 387 g/mol. The van der Waals surface area contributed by atoms with Gasteiger partial charge in [-0.15, -0.1) is 11.7 Å². The van der Waals surface area contributed by atoms with Gasteiger partial charge in [-0.05, 0) is 78.4 Å². The summed E-state index contributed by atoms with van der Waals surface area (Å²) in [5.74, 6) is 0.950. The Bertz CT molecular complexity index is 358. The fourth-order valence-electron chi connectivity index (χ4n) is 2.31. The number of allylic oxidation sites excluding steroid dienone is 3. The number of rotatable bonds is 17. The third-order valence-electron chi connectivity index (χ3n) is 3.76. The second kappa shape index (κ2) is 19.9. The zero-order chi connectivity index (χ0) is 18.6. The molecule has 0 N–H and O–H groups in total. The summed E-state index contributed by atoms with van der Waals surface area (Å²) in [6.07, 6.45) is 19.4. The van der Waals surface area contributed by atoms with Crippen LogP contribution in [-0.4, -0.2) is 43.9 Å². The van der Waals surface area contributed by atoms with E-state index in [1.807, 2.05) is 0 Å². The van der Waals surface area contributed by atoms with Gasteiger partial charge >= 0.3 is 5.97 Å². The van der Waals surface area contributed by atoms with Gasteiger partial charge < -0.3 is 9.64 Å². The minimum absolute atomic E-state index is 0.0433. The van der Waals surface area contributed by atoms with Gasteiger partial charge in [-0.25, -0.2) is 0 Å². The van der Waals surface area contributed by atoms with Crippen molar-refractivity contribution in [3.8, 4) is 0 Å². The standard InChI is InChI=1S/C20H37NO2S2/c1-21(2)17-13-14-18-23-20(22)16-12-10-8-6-4-3-5-7-9-11-15-19-25-24/h4,6,11,15,24H,3,5,7-10,12-14,16-19H2,1-2H3/b6-4-,15-11-. The molecule has 0 aliphatic heterocycles. The smallest absolute Gasteiger partial charge is 0.305 e. The Morgan fingerprint density at radius 1 is 0.920 bits per heavy atom. The molecule has 0 rings (SSSR count). The molecule has 0 aliphatic carbocycles. The van der Waals surface area contributed by atoms with Crippen molar-refractivity contribution in [2.75, 3.05) is 33.0 Å². The molecule has 0 radical (unpaired) electrons. The fourth-order valence-corrected chi connectivity index (χ4v) is 2.79. The number of hydrogen-bond donors (Lipinski definition) is 1. The number of hydrogen-bond acceptors (Lipinski definition) is 5. The van der Waals surface area contributed by atoms with Gasteiger partial charge in [-0.3, -0.25) is 4.79 Å². The second-order valence-corrected chi connectivity index (χ2v) is 7.87. The lowest BCUT2D eigenvalue weighted by Gasteiger charge is -2.09. The SMILES string of the molecule is CN(C)CCCCOC(=O)CCCC/C=C\CCCC/C=C\CSS. The lowest BCUT2D eigenvalue weighted by molar-refractivity contribution is -0.143.